The molecule has 94 heavy (non-hydrogen) atoms. The summed E-state index contributed by atoms with van der Waals surface area (Å²) in [4.78, 5) is 93.7. The van der Waals surface area contributed by atoms with Gasteiger partial charge in [0.1, 0.15) is 36.3 Å². The molecule has 7 rings (SSSR count). The number of carbonyl (C=O) groups is 8. The Bertz CT molecular complexity index is 3530. The van der Waals surface area contributed by atoms with E-state index < -0.39 is 53.1 Å². The van der Waals surface area contributed by atoms with Gasteiger partial charge >= 0.3 is 109 Å². The van der Waals surface area contributed by atoms with Gasteiger partial charge in [0.15, 0.2) is 11.4 Å². The number of nitrogens with two attached hydrogens (primary N) is 3. The second kappa shape index (κ2) is 50.3. The van der Waals surface area contributed by atoms with Crippen LogP contribution in [0.3, 0.4) is 0 Å². The molecular weight excluding hydrogens is 1380 g/mol. The third-order valence-corrected chi connectivity index (χ3v) is 13.0. The summed E-state index contributed by atoms with van der Waals surface area (Å²) >= 11 is 22.3. The van der Waals surface area contributed by atoms with Crippen molar-refractivity contribution in [2.75, 3.05) is 38.8 Å². The first-order chi connectivity index (χ1) is 42.7. The SMILES string of the molecule is C.C.CC(CO)N(CC(=O)NCc1cccc(Cl)c1F)C(=O)Cn1nc(C(N)=O)c2ccccc21.C[C@@H](CO)NCC(=O)NCc1cccc(Cl)c1F.C[C@H](N)CO.NC(=O)c1nn(CC(=O)O)c2ccccc12.O=C(CCl)CCc1cccc(Cl)c1F.O=CO[O-].[H-].[K+].[K+]. The third-order valence-electron chi connectivity index (χ3n) is 11.9. The van der Waals surface area contributed by atoms with Crippen molar-refractivity contribution < 1.29 is 186 Å². The number of alkyl halides is 1. The van der Waals surface area contributed by atoms with E-state index in [0.29, 0.717) is 39.4 Å². The summed E-state index contributed by atoms with van der Waals surface area (Å²) in [6, 6.07) is 26.6. The maximum Gasteiger partial charge on any atom is 1.00 e. The first-order valence-corrected chi connectivity index (χ1v) is 28.3. The molecule has 13 N–H and O–H groups in total. The number of carboxylic acid groups (broad SMARTS) is 1. The number of para-hydroxylation sites is 2. The number of primary amides is 2. The molecular formula is C60H76Cl4F3K2N11O14. The number of carboxylic acids is 1. The van der Waals surface area contributed by atoms with Gasteiger partial charge in [-0.3, -0.25) is 47.7 Å². The van der Waals surface area contributed by atoms with Gasteiger partial charge in [0.2, 0.25) is 17.7 Å². The van der Waals surface area contributed by atoms with Crippen LogP contribution < -0.4 is 141 Å². The number of nitrogens with one attached hydrogen (secondary N) is 3. The minimum atomic E-state index is -1.02. The molecule has 0 saturated carbocycles. The van der Waals surface area contributed by atoms with Crippen LogP contribution in [0.25, 0.3) is 21.8 Å². The predicted octanol–water partition coefficient (Wildman–Crippen LogP) is -0.888. The Labute approximate surface area is 647 Å². The summed E-state index contributed by atoms with van der Waals surface area (Å²) in [5.74, 6) is -5.46. The predicted molar refractivity (Wildman–Crippen MR) is 341 cm³/mol. The average Bonchev–Trinajstić information content (AvgIpc) is 1.66. The molecule has 506 valence electrons. The van der Waals surface area contributed by atoms with Gasteiger partial charge in [-0.05, 0) is 63.1 Å². The van der Waals surface area contributed by atoms with E-state index in [9.17, 15) is 51.8 Å². The normalized spacial score (nSPS) is 10.8. The summed E-state index contributed by atoms with van der Waals surface area (Å²) in [6.07, 6.45) is 0.596. The largest absolute Gasteiger partial charge is 1.00 e. The summed E-state index contributed by atoms with van der Waals surface area (Å²) < 4.78 is 43.4. The second-order valence-electron chi connectivity index (χ2n) is 18.9. The van der Waals surface area contributed by atoms with Gasteiger partial charge in [0.25, 0.3) is 18.3 Å². The number of aryl methyl sites for hydroxylation is 1. The fourth-order valence-corrected chi connectivity index (χ4v) is 7.96. The number of aliphatic hydroxyl groups is 3. The van der Waals surface area contributed by atoms with Crippen molar-refractivity contribution in [3.05, 3.63) is 164 Å². The average molecular weight is 1450 g/mol. The van der Waals surface area contributed by atoms with Crippen molar-refractivity contribution in [2.24, 2.45) is 17.2 Å². The molecule has 0 radical (unpaired) electrons. The molecule has 0 saturated heterocycles. The van der Waals surface area contributed by atoms with Crippen molar-refractivity contribution in [1.29, 1.82) is 0 Å². The Balaban J connectivity index is -0.000000575. The van der Waals surface area contributed by atoms with Crippen molar-refractivity contribution in [3.63, 3.8) is 0 Å². The Morgan fingerprint density at radius 3 is 1.46 bits per heavy atom. The number of aromatic nitrogens is 4. The van der Waals surface area contributed by atoms with Gasteiger partial charge in [0, 0.05) is 53.5 Å². The number of nitrogens with zero attached hydrogens (tertiary/aromatic N) is 5. The molecule has 34 heteroatoms. The van der Waals surface area contributed by atoms with Crippen molar-refractivity contribution in [2.45, 2.75) is 92.8 Å². The maximum absolute atomic E-state index is 14.0. The van der Waals surface area contributed by atoms with Crippen LogP contribution in [-0.4, -0.2) is 150 Å². The fraction of sp³-hybridized carbons (Fsp3) is 0.333. The number of amides is 5. The van der Waals surface area contributed by atoms with Crippen molar-refractivity contribution in [3.8, 4) is 0 Å². The molecule has 0 fully saturated rings. The van der Waals surface area contributed by atoms with E-state index >= 15 is 0 Å². The number of ketones is 1. The number of halogens is 7. The molecule has 3 atom stereocenters. The zero-order valence-corrected chi connectivity index (χ0v) is 59.9. The zero-order valence-electron chi connectivity index (χ0n) is 51.6. The number of Topliss-reactive ketones (excluding diaryl/α,β-unsaturated/α-hetero) is 1. The molecule has 0 aliphatic heterocycles. The quantitative estimate of drug-likeness (QED) is 0.0115. The van der Waals surface area contributed by atoms with Gasteiger partial charge in [-0.1, -0.05) is 122 Å². The Morgan fingerprint density at radius 2 is 1.07 bits per heavy atom. The molecule has 0 aliphatic carbocycles. The van der Waals surface area contributed by atoms with Crippen LogP contribution in [0.4, 0.5) is 13.2 Å². The number of benzene rings is 5. The number of carbonyl (C=O) groups excluding carboxylic acids is 7. The number of aliphatic hydroxyl groups excluding tert-OH is 3. The van der Waals surface area contributed by atoms with E-state index in [0.717, 1.165) is 0 Å². The van der Waals surface area contributed by atoms with Crippen LogP contribution in [0.1, 0.15) is 81.1 Å². The molecule has 1 unspecified atom stereocenters. The molecule has 5 aromatic carbocycles. The topological polar surface area (TPSA) is 403 Å². The first kappa shape index (κ1) is 93.2. The van der Waals surface area contributed by atoms with Crippen LogP contribution in [0.2, 0.25) is 15.1 Å². The van der Waals surface area contributed by atoms with E-state index in [-0.39, 0.29) is 253 Å². The van der Waals surface area contributed by atoms with E-state index in [1.54, 1.807) is 99.6 Å². The molecule has 0 spiro atoms. The van der Waals surface area contributed by atoms with E-state index in [1.807, 2.05) is 0 Å². The van der Waals surface area contributed by atoms with E-state index in [2.05, 4.69) is 31.0 Å². The zero-order chi connectivity index (χ0) is 67.6. The number of hydrogen-bond donors (Lipinski definition) is 10. The summed E-state index contributed by atoms with van der Waals surface area (Å²) in [5, 5.41) is 60.6. The van der Waals surface area contributed by atoms with Crippen LogP contribution >= 0.6 is 46.4 Å². The minimum Gasteiger partial charge on any atom is -1.00 e. The standard InChI is InChI=1S/C22H23ClFN5O4.C12H16ClFN2O2.C10H9Cl2FO.C10H9N3O3.C3H9NO.CH2O3.2CH4.2K.H/c1-13(12-30)28(10-18(31)26-9-14-5-4-7-16(23)20(14)24)19(32)11-29-17-8-3-2-6-15(17)21(27-29)22(25)33;1-8(7-17)15-6-11(18)16-5-9-3-2-4-10(13)12(9)14;11-6-8(14)5-4-7-2-1-3-9(12)10(7)13;11-10(16)9-6-3-1-2-4-7(6)13(12-9)5-8(14)15;1-3(4)2-5;2-1-4-3;;;;;/h2-8,13,30H,9-12H2,1H3,(H2,25,33)(H,26,31);2-4,8,15,17H,5-7H2,1H3,(H,16,18);1-3H,4-6H2;1-4H,5H2,(H2,11,16)(H,14,15);3,5H,2,4H2,1H3;1,3H;2*1H4;;;/q;;;;;;;;2*+1;-1/p-1/t;8-;;;3-;;;;;;/m.0..0....../s1. The van der Waals surface area contributed by atoms with Crippen molar-refractivity contribution >= 4 is 116 Å². The number of fused-ring (bicyclic) bond motifs is 2. The van der Waals surface area contributed by atoms with Crippen LogP contribution in [0, 0.1) is 17.5 Å². The summed E-state index contributed by atoms with van der Waals surface area (Å²) in [5.41, 5.74) is 17.8. The monoisotopic (exact) mass is 1450 g/mol. The Morgan fingerprint density at radius 1 is 0.670 bits per heavy atom. The Hall–Kier alpha value is -5.02. The van der Waals surface area contributed by atoms with Crippen LogP contribution in [0.5, 0.6) is 0 Å². The molecule has 2 aromatic heterocycles. The van der Waals surface area contributed by atoms with Gasteiger partial charge in [-0.2, -0.15) is 10.2 Å². The Kier molecular flexibility index (Phi) is 49.9. The number of rotatable bonds is 24. The minimum absolute atomic E-state index is 0. The van der Waals surface area contributed by atoms with E-state index in [4.69, 9.17) is 89.0 Å². The van der Waals surface area contributed by atoms with Crippen LogP contribution in [0.15, 0.2) is 103 Å². The molecule has 2 heterocycles. The molecule has 0 bridgehead atoms. The first-order valence-electron chi connectivity index (χ1n) is 26.7. The van der Waals surface area contributed by atoms with Gasteiger partial charge in [-0.15, -0.1) is 11.6 Å². The molecule has 25 nitrogen and oxygen atoms in total. The fourth-order valence-electron chi connectivity index (χ4n) is 7.24. The third kappa shape index (κ3) is 32.8. The van der Waals surface area contributed by atoms with Crippen LogP contribution in [-0.2, 0) is 66.3 Å². The number of hydrogen-bond acceptors (Lipinski definition) is 17. The van der Waals surface area contributed by atoms with Gasteiger partial charge < -0.3 is 70.0 Å². The maximum atomic E-state index is 14.0. The summed E-state index contributed by atoms with van der Waals surface area (Å²) in [7, 11) is 0. The smallest absolute Gasteiger partial charge is 1.00 e. The number of aliphatic carboxylic acids is 1. The molecule has 0 aliphatic rings. The van der Waals surface area contributed by atoms with Gasteiger partial charge in [0.05, 0.1) is 70.9 Å². The van der Waals surface area contributed by atoms with Gasteiger partial charge in [-0.25, -0.2) is 13.2 Å². The van der Waals surface area contributed by atoms with E-state index in [1.165, 1.54) is 38.5 Å². The molecule has 5 amide bonds. The summed E-state index contributed by atoms with van der Waals surface area (Å²) in [6.45, 7) is 3.65. The van der Waals surface area contributed by atoms with Crippen molar-refractivity contribution in [1.82, 2.24) is 40.4 Å². The molecule has 7 aromatic rings. The second-order valence-corrected chi connectivity index (χ2v) is 20.4.